The van der Waals surface area contributed by atoms with E-state index in [-0.39, 0.29) is 18.4 Å². The van der Waals surface area contributed by atoms with Gasteiger partial charge < -0.3 is 18.9 Å². The van der Waals surface area contributed by atoms with Crippen LogP contribution < -0.4 is 4.74 Å². The summed E-state index contributed by atoms with van der Waals surface area (Å²) in [6, 6.07) is 11.8. The first kappa shape index (κ1) is 22.0. The smallest absolute Gasteiger partial charge is 0.227 e. The Balaban J connectivity index is 1.43. The molecule has 1 aromatic carbocycles. The molecule has 0 aliphatic carbocycles. The van der Waals surface area contributed by atoms with Crippen LogP contribution in [0, 0.1) is 13.8 Å². The van der Waals surface area contributed by atoms with Gasteiger partial charge in [0.1, 0.15) is 18.1 Å². The van der Waals surface area contributed by atoms with Gasteiger partial charge in [-0.3, -0.25) is 9.78 Å². The second-order valence-corrected chi connectivity index (χ2v) is 8.18. The molecule has 3 heterocycles. The molecular formula is C25H29N3O4. The third-order valence-corrected chi connectivity index (χ3v) is 5.71. The number of benzene rings is 1. The predicted octanol–water partition coefficient (Wildman–Crippen LogP) is 4.02. The molecule has 1 unspecified atom stereocenters. The number of ether oxygens (including phenoxy) is 2. The highest BCUT2D eigenvalue weighted by Gasteiger charge is 2.20. The summed E-state index contributed by atoms with van der Waals surface area (Å²) in [5.74, 6) is 1.51. The summed E-state index contributed by atoms with van der Waals surface area (Å²) < 4.78 is 16.7. The van der Waals surface area contributed by atoms with Crippen molar-refractivity contribution in [3.8, 4) is 5.75 Å². The molecule has 4 rings (SSSR count). The minimum absolute atomic E-state index is 0.0157. The summed E-state index contributed by atoms with van der Waals surface area (Å²) >= 11 is 0. The van der Waals surface area contributed by atoms with E-state index in [1.54, 1.807) is 12.4 Å². The molecule has 0 radical (unpaired) electrons. The Morgan fingerprint density at radius 3 is 2.62 bits per heavy atom. The van der Waals surface area contributed by atoms with E-state index in [1.165, 1.54) is 0 Å². The van der Waals surface area contributed by atoms with E-state index < -0.39 is 0 Å². The standard InChI is InChI=1S/C25H29N3O4/c1-18-24(19(2)32-27-18)13-25(29)28(16-21-5-3-11-26-14-21)15-20-7-9-22(10-8-20)31-17-23-6-4-12-30-23/h3,5,7-11,14,23H,4,6,12-13,15-17H2,1-2H3. The highest BCUT2D eigenvalue weighted by molar-refractivity contribution is 5.79. The van der Waals surface area contributed by atoms with Crippen LogP contribution in [-0.2, 0) is 29.0 Å². The number of aromatic nitrogens is 2. The van der Waals surface area contributed by atoms with E-state index in [2.05, 4.69) is 10.1 Å². The number of nitrogens with zero attached hydrogens (tertiary/aromatic N) is 3. The van der Waals surface area contributed by atoms with Gasteiger partial charge in [-0.15, -0.1) is 0 Å². The van der Waals surface area contributed by atoms with Gasteiger partial charge >= 0.3 is 0 Å². The molecule has 1 saturated heterocycles. The second-order valence-electron chi connectivity index (χ2n) is 8.18. The first-order chi connectivity index (χ1) is 15.6. The van der Waals surface area contributed by atoms with Gasteiger partial charge in [-0.1, -0.05) is 23.4 Å². The summed E-state index contributed by atoms with van der Waals surface area (Å²) in [7, 11) is 0. The van der Waals surface area contributed by atoms with E-state index >= 15 is 0 Å². The van der Waals surface area contributed by atoms with E-state index in [9.17, 15) is 4.79 Å². The van der Waals surface area contributed by atoms with Crippen LogP contribution in [0.2, 0.25) is 0 Å². The fraction of sp³-hybridized carbons (Fsp3) is 0.400. The number of aryl methyl sites for hydroxylation is 2. The fourth-order valence-electron chi connectivity index (χ4n) is 3.84. The lowest BCUT2D eigenvalue weighted by Crippen LogP contribution is -2.31. The minimum Gasteiger partial charge on any atom is -0.491 e. The zero-order chi connectivity index (χ0) is 22.3. The van der Waals surface area contributed by atoms with Gasteiger partial charge in [0.2, 0.25) is 5.91 Å². The molecule has 3 aromatic rings. The molecule has 1 fully saturated rings. The lowest BCUT2D eigenvalue weighted by Gasteiger charge is -2.23. The van der Waals surface area contributed by atoms with Crippen molar-refractivity contribution in [1.82, 2.24) is 15.0 Å². The molecule has 32 heavy (non-hydrogen) atoms. The summed E-state index contributed by atoms with van der Waals surface area (Å²) in [4.78, 5) is 19.3. The van der Waals surface area contributed by atoms with Crippen LogP contribution >= 0.6 is 0 Å². The molecule has 7 heteroatoms. The maximum atomic E-state index is 13.2. The Hall–Kier alpha value is -3.19. The molecule has 1 aliphatic rings. The van der Waals surface area contributed by atoms with Crippen LogP contribution in [0.3, 0.4) is 0 Å². The van der Waals surface area contributed by atoms with Crippen molar-refractivity contribution in [3.05, 3.63) is 76.9 Å². The molecule has 2 aromatic heterocycles. The first-order valence-corrected chi connectivity index (χ1v) is 11.0. The van der Waals surface area contributed by atoms with Crippen LogP contribution in [0.15, 0.2) is 53.3 Å². The zero-order valence-electron chi connectivity index (χ0n) is 18.6. The average molecular weight is 436 g/mol. The molecule has 168 valence electrons. The van der Waals surface area contributed by atoms with Crippen LogP contribution in [-0.4, -0.2) is 40.3 Å². The highest BCUT2D eigenvalue weighted by atomic mass is 16.5. The Morgan fingerprint density at radius 2 is 1.97 bits per heavy atom. The fourth-order valence-corrected chi connectivity index (χ4v) is 3.84. The van der Waals surface area contributed by atoms with E-state index in [4.69, 9.17) is 14.0 Å². The number of hydrogen-bond acceptors (Lipinski definition) is 6. The Kier molecular flexibility index (Phi) is 7.17. The molecule has 0 saturated carbocycles. The number of carbonyl (C=O) groups is 1. The van der Waals surface area contributed by atoms with Crippen molar-refractivity contribution in [2.45, 2.75) is 52.3 Å². The molecule has 1 atom stereocenters. The van der Waals surface area contributed by atoms with Crippen molar-refractivity contribution in [1.29, 1.82) is 0 Å². The van der Waals surface area contributed by atoms with Crippen LogP contribution in [0.4, 0.5) is 0 Å². The molecule has 7 nitrogen and oxygen atoms in total. The Labute approximate surface area is 188 Å². The zero-order valence-corrected chi connectivity index (χ0v) is 18.6. The number of hydrogen-bond donors (Lipinski definition) is 0. The summed E-state index contributed by atoms with van der Waals surface area (Å²) in [6.07, 6.45) is 6.11. The first-order valence-electron chi connectivity index (χ1n) is 11.0. The van der Waals surface area contributed by atoms with Crippen molar-refractivity contribution in [2.24, 2.45) is 0 Å². The van der Waals surface area contributed by atoms with E-state index in [0.29, 0.717) is 25.5 Å². The maximum Gasteiger partial charge on any atom is 0.227 e. The van der Waals surface area contributed by atoms with Crippen LogP contribution in [0.5, 0.6) is 5.75 Å². The largest absolute Gasteiger partial charge is 0.491 e. The number of rotatable bonds is 9. The van der Waals surface area contributed by atoms with Gasteiger partial charge in [-0.2, -0.15) is 0 Å². The Morgan fingerprint density at radius 1 is 1.16 bits per heavy atom. The van der Waals surface area contributed by atoms with Gasteiger partial charge in [-0.25, -0.2) is 0 Å². The lowest BCUT2D eigenvalue weighted by molar-refractivity contribution is -0.131. The monoisotopic (exact) mass is 435 g/mol. The third kappa shape index (κ3) is 5.73. The summed E-state index contributed by atoms with van der Waals surface area (Å²) in [6.45, 7) is 6.06. The highest BCUT2D eigenvalue weighted by Crippen LogP contribution is 2.20. The molecule has 1 amide bonds. The van der Waals surface area contributed by atoms with Gasteiger partial charge in [0, 0.05) is 37.7 Å². The Bertz CT molecular complexity index is 992. The number of carbonyl (C=O) groups excluding carboxylic acids is 1. The minimum atomic E-state index is 0.0157. The second kappa shape index (κ2) is 10.4. The topological polar surface area (TPSA) is 77.7 Å². The van der Waals surface area contributed by atoms with Gasteiger partial charge in [0.25, 0.3) is 0 Å². The van der Waals surface area contributed by atoms with Crippen molar-refractivity contribution in [3.63, 3.8) is 0 Å². The van der Waals surface area contributed by atoms with Crippen molar-refractivity contribution >= 4 is 5.91 Å². The molecule has 0 spiro atoms. The number of amides is 1. The molecule has 0 N–H and O–H groups in total. The van der Waals surface area contributed by atoms with Crippen molar-refractivity contribution in [2.75, 3.05) is 13.2 Å². The molecule has 0 bridgehead atoms. The van der Waals surface area contributed by atoms with Gasteiger partial charge in [-0.05, 0) is 56.0 Å². The van der Waals surface area contributed by atoms with Crippen molar-refractivity contribution < 1.29 is 18.8 Å². The number of pyridine rings is 1. The summed E-state index contributed by atoms with van der Waals surface area (Å²) in [5.41, 5.74) is 3.62. The molecule has 1 aliphatic heterocycles. The lowest BCUT2D eigenvalue weighted by atomic mass is 10.1. The van der Waals surface area contributed by atoms with E-state index in [1.807, 2.05) is 55.1 Å². The normalized spacial score (nSPS) is 15.6. The van der Waals surface area contributed by atoms with Gasteiger partial charge in [0.15, 0.2) is 0 Å². The van der Waals surface area contributed by atoms with Gasteiger partial charge in [0.05, 0.1) is 18.2 Å². The van der Waals surface area contributed by atoms with E-state index in [0.717, 1.165) is 47.6 Å². The SMILES string of the molecule is Cc1noc(C)c1CC(=O)N(Cc1ccc(OCC2CCCO2)cc1)Cc1cccnc1. The third-order valence-electron chi connectivity index (χ3n) is 5.71. The quantitative estimate of drug-likeness (QED) is 0.505. The van der Waals surface area contributed by atoms with Crippen LogP contribution in [0.25, 0.3) is 0 Å². The summed E-state index contributed by atoms with van der Waals surface area (Å²) in [5, 5.41) is 3.97. The van der Waals surface area contributed by atoms with Crippen LogP contribution in [0.1, 0.15) is 41.0 Å². The molecular weight excluding hydrogens is 406 g/mol. The average Bonchev–Trinajstić information content (AvgIpc) is 3.44. The maximum absolute atomic E-state index is 13.2. The predicted molar refractivity (Wildman–Crippen MR) is 119 cm³/mol.